The van der Waals surface area contributed by atoms with Crippen molar-refractivity contribution in [1.29, 1.82) is 0 Å². The molecule has 0 aliphatic rings. The van der Waals surface area contributed by atoms with E-state index in [9.17, 15) is 17.9 Å². The molecule has 0 fully saturated rings. The number of nitrogens with zero attached hydrogens (tertiary/aromatic N) is 1. The van der Waals surface area contributed by atoms with Crippen molar-refractivity contribution in [1.82, 2.24) is 10.6 Å². The average Bonchev–Trinajstić information content (AvgIpc) is 2.99. The number of nitrogens with one attached hydrogen (secondary N) is 2. The maximum absolute atomic E-state index is 13.8. The Morgan fingerprint density at radius 2 is 1.93 bits per heavy atom. The third-order valence-electron chi connectivity index (χ3n) is 4.35. The smallest absolute Gasteiger partial charge is 0.191 e. The summed E-state index contributed by atoms with van der Waals surface area (Å²) in [6.45, 7) is 7.72. The summed E-state index contributed by atoms with van der Waals surface area (Å²) >= 11 is 0. The first-order chi connectivity index (χ1) is 13.6. The molecule has 1 aromatic heterocycles. The molecular formula is C20H29FIN3O4S. The molecule has 2 rings (SSSR count). The van der Waals surface area contributed by atoms with Crippen LogP contribution in [0.1, 0.15) is 30.9 Å². The van der Waals surface area contributed by atoms with Crippen molar-refractivity contribution in [3.8, 4) is 0 Å². The lowest BCUT2D eigenvalue weighted by Crippen LogP contribution is -2.40. The molecular weight excluding hydrogens is 524 g/mol. The monoisotopic (exact) mass is 553 g/mol. The van der Waals surface area contributed by atoms with Crippen molar-refractivity contribution < 1.29 is 22.3 Å². The van der Waals surface area contributed by atoms with Crippen LogP contribution in [0.2, 0.25) is 0 Å². The van der Waals surface area contributed by atoms with Gasteiger partial charge in [-0.15, -0.1) is 24.0 Å². The SMILES string of the molecule is CCNC(=NCC(C)(O)c1cc(C)oc1C)NCCS(=O)(=O)c1ccccc1F.I. The van der Waals surface area contributed by atoms with Crippen LogP contribution in [-0.2, 0) is 15.4 Å². The van der Waals surface area contributed by atoms with Gasteiger partial charge in [0.1, 0.15) is 27.8 Å². The number of hydrogen-bond donors (Lipinski definition) is 3. The average molecular weight is 553 g/mol. The van der Waals surface area contributed by atoms with Crippen LogP contribution in [0.15, 0.2) is 44.6 Å². The number of sulfone groups is 1. The van der Waals surface area contributed by atoms with Gasteiger partial charge in [-0.25, -0.2) is 17.8 Å². The number of benzene rings is 1. The Kier molecular flexibility index (Phi) is 9.76. The predicted molar refractivity (Wildman–Crippen MR) is 126 cm³/mol. The molecule has 0 amide bonds. The fourth-order valence-corrected chi connectivity index (χ4v) is 4.18. The Morgan fingerprint density at radius 1 is 1.27 bits per heavy atom. The molecule has 30 heavy (non-hydrogen) atoms. The van der Waals surface area contributed by atoms with E-state index in [2.05, 4.69) is 15.6 Å². The second-order valence-electron chi connectivity index (χ2n) is 6.97. The maximum atomic E-state index is 13.8. The lowest BCUT2D eigenvalue weighted by atomic mass is 9.96. The number of aliphatic imine (C=N–C) groups is 1. The predicted octanol–water partition coefficient (Wildman–Crippen LogP) is 2.89. The lowest BCUT2D eigenvalue weighted by molar-refractivity contribution is 0.0657. The van der Waals surface area contributed by atoms with Crippen molar-refractivity contribution in [2.24, 2.45) is 4.99 Å². The van der Waals surface area contributed by atoms with E-state index < -0.39 is 21.3 Å². The third kappa shape index (κ3) is 6.95. The number of aryl methyl sites for hydroxylation is 2. The van der Waals surface area contributed by atoms with E-state index in [1.54, 1.807) is 26.8 Å². The molecule has 0 bridgehead atoms. The van der Waals surface area contributed by atoms with Gasteiger partial charge < -0.3 is 20.2 Å². The van der Waals surface area contributed by atoms with Gasteiger partial charge in [-0.05, 0) is 45.9 Å². The minimum absolute atomic E-state index is 0. The van der Waals surface area contributed by atoms with E-state index in [1.165, 1.54) is 18.2 Å². The van der Waals surface area contributed by atoms with E-state index in [0.29, 0.717) is 29.6 Å². The summed E-state index contributed by atoms with van der Waals surface area (Å²) in [6.07, 6.45) is 0. The molecule has 1 aromatic carbocycles. The van der Waals surface area contributed by atoms with Crippen LogP contribution in [0, 0.1) is 19.7 Å². The first kappa shape index (κ1) is 26.4. The van der Waals surface area contributed by atoms with Gasteiger partial charge in [-0.3, -0.25) is 0 Å². The van der Waals surface area contributed by atoms with Gasteiger partial charge in [-0.2, -0.15) is 0 Å². The summed E-state index contributed by atoms with van der Waals surface area (Å²) in [5.74, 6) is 0.612. The highest BCUT2D eigenvalue weighted by Gasteiger charge is 2.27. The van der Waals surface area contributed by atoms with Gasteiger partial charge >= 0.3 is 0 Å². The number of furan rings is 1. The normalized spacial score (nSPS) is 14.0. The highest BCUT2D eigenvalue weighted by atomic mass is 127. The number of hydrogen-bond acceptors (Lipinski definition) is 5. The Bertz CT molecular complexity index is 974. The van der Waals surface area contributed by atoms with Crippen LogP contribution >= 0.6 is 24.0 Å². The molecule has 0 spiro atoms. The summed E-state index contributed by atoms with van der Waals surface area (Å²) in [7, 11) is -3.77. The van der Waals surface area contributed by atoms with Crippen molar-refractivity contribution >= 4 is 39.8 Å². The van der Waals surface area contributed by atoms with Crippen molar-refractivity contribution in [3.05, 3.63) is 53.2 Å². The Morgan fingerprint density at radius 3 is 2.50 bits per heavy atom. The quantitative estimate of drug-likeness (QED) is 0.264. The Hall–Kier alpha value is -1.66. The van der Waals surface area contributed by atoms with Crippen molar-refractivity contribution in [3.63, 3.8) is 0 Å². The Labute approximate surface area is 194 Å². The summed E-state index contributed by atoms with van der Waals surface area (Å²) < 4.78 is 43.9. The van der Waals surface area contributed by atoms with E-state index in [4.69, 9.17) is 4.42 Å². The van der Waals surface area contributed by atoms with Gasteiger partial charge in [0.05, 0.1) is 12.3 Å². The van der Waals surface area contributed by atoms with Crippen LogP contribution in [-0.4, -0.2) is 44.9 Å². The zero-order chi connectivity index (χ0) is 21.7. The van der Waals surface area contributed by atoms with Crippen molar-refractivity contribution in [2.45, 2.75) is 38.2 Å². The Balaban J connectivity index is 0.00000450. The summed E-state index contributed by atoms with van der Waals surface area (Å²) in [4.78, 5) is 4.03. The van der Waals surface area contributed by atoms with E-state index in [0.717, 1.165) is 6.07 Å². The van der Waals surface area contributed by atoms with Crippen LogP contribution in [0.5, 0.6) is 0 Å². The molecule has 10 heteroatoms. The highest BCUT2D eigenvalue weighted by molar-refractivity contribution is 14.0. The topological polar surface area (TPSA) is 104 Å². The van der Waals surface area contributed by atoms with Gasteiger partial charge in [0.15, 0.2) is 15.8 Å². The summed E-state index contributed by atoms with van der Waals surface area (Å²) in [5.41, 5.74) is -0.597. The second kappa shape index (κ2) is 11.1. The molecule has 1 unspecified atom stereocenters. The first-order valence-electron chi connectivity index (χ1n) is 9.36. The molecule has 2 aromatic rings. The third-order valence-corrected chi connectivity index (χ3v) is 6.09. The molecule has 1 heterocycles. The van der Waals surface area contributed by atoms with Crippen LogP contribution in [0.4, 0.5) is 4.39 Å². The minimum atomic E-state index is -3.77. The summed E-state index contributed by atoms with van der Waals surface area (Å²) in [5, 5.41) is 16.7. The second-order valence-corrected chi connectivity index (χ2v) is 9.05. The van der Waals surface area contributed by atoms with Gasteiger partial charge in [-0.1, -0.05) is 12.1 Å². The molecule has 0 saturated heterocycles. The molecule has 7 nitrogen and oxygen atoms in total. The standard InChI is InChI=1S/C20H28FN3O4S.HI/c1-5-22-19(24-13-20(4,25)16-12-14(2)28-15(16)3)23-10-11-29(26,27)18-9-7-6-8-17(18)21;/h6-9,12,25H,5,10-11,13H2,1-4H3,(H2,22,23,24);1H. The number of halogens is 2. The van der Waals surface area contributed by atoms with Crippen LogP contribution in [0.3, 0.4) is 0 Å². The highest BCUT2D eigenvalue weighted by Crippen LogP contribution is 2.27. The van der Waals surface area contributed by atoms with E-state index >= 15 is 0 Å². The number of guanidine groups is 1. The zero-order valence-electron chi connectivity index (χ0n) is 17.5. The maximum Gasteiger partial charge on any atom is 0.191 e. The largest absolute Gasteiger partial charge is 0.466 e. The minimum Gasteiger partial charge on any atom is -0.466 e. The van der Waals surface area contributed by atoms with Gasteiger partial charge in [0.25, 0.3) is 0 Å². The van der Waals surface area contributed by atoms with Crippen molar-refractivity contribution in [2.75, 3.05) is 25.4 Å². The summed E-state index contributed by atoms with van der Waals surface area (Å²) in [6, 6.07) is 7.06. The number of rotatable bonds is 8. The first-order valence-corrected chi connectivity index (χ1v) is 11.0. The zero-order valence-corrected chi connectivity index (χ0v) is 20.7. The molecule has 0 aliphatic carbocycles. The molecule has 0 aliphatic heterocycles. The van der Waals surface area contributed by atoms with Gasteiger partial charge in [0.2, 0.25) is 0 Å². The molecule has 0 saturated carbocycles. The lowest BCUT2D eigenvalue weighted by Gasteiger charge is -2.21. The fourth-order valence-electron chi connectivity index (χ4n) is 2.94. The number of aliphatic hydroxyl groups is 1. The molecule has 3 N–H and O–H groups in total. The van der Waals surface area contributed by atoms with Crippen LogP contribution < -0.4 is 10.6 Å². The molecule has 0 radical (unpaired) electrons. The van der Waals surface area contributed by atoms with Gasteiger partial charge in [0, 0.05) is 18.7 Å². The van der Waals surface area contributed by atoms with E-state index in [1.807, 2.05) is 6.92 Å². The fraction of sp³-hybridized carbons (Fsp3) is 0.450. The van der Waals surface area contributed by atoms with Crippen LogP contribution in [0.25, 0.3) is 0 Å². The van der Waals surface area contributed by atoms with E-state index in [-0.39, 0.29) is 47.7 Å². The molecule has 1 atom stereocenters. The molecule has 168 valence electrons.